The van der Waals surface area contributed by atoms with Gasteiger partial charge >= 0.3 is 5.97 Å². The smallest absolute Gasteiger partial charge is 0.303 e. The maximum atomic E-state index is 13.0. The van der Waals surface area contributed by atoms with Gasteiger partial charge in [-0.05, 0) is 18.2 Å². The first-order chi connectivity index (χ1) is 15.3. The van der Waals surface area contributed by atoms with Gasteiger partial charge in [-0.15, -0.1) is 0 Å². The van der Waals surface area contributed by atoms with Gasteiger partial charge in [-0.2, -0.15) is 0 Å². The molecule has 0 aromatic heterocycles. The van der Waals surface area contributed by atoms with E-state index in [1.807, 2.05) is 30.3 Å². The maximum Gasteiger partial charge on any atom is 0.303 e. The average molecular weight is 462 g/mol. The number of carbonyl (C=O) groups is 1. The van der Waals surface area contributed by atoms with Gasteiger partial charge in [0.15, 0.2) is 0 Å². The molecule has 0 atom stereocenters. The lowest BCUT2D eigenvalue weighted by Crippen LogP contribution is -2.53. The highest BCUT2D eigenvalue weighted by molar-refractivity contribution is 6.31. The van der Waals surface area contributed by atoms with Gasteiger partial charge in [0.1, 0.15) is 23.9 Å². The van der Waals surface area contributed by atoms with Crippen molar-refractivity contribution in [3.63, 3.8) is 0 Å². The Labute approximate surface area is 192 Å². The Morgan fingerprint density at radius 2 is 2.06 bits per heavy atom. The monoisotopic (exact) mass is 461 g/mol. The summed E-state index contributed by atoms with van der Waals surface area (Å²) < 4.78 is 17.0. The summed E-state index contributed by atoms with van der Waals surface area (Å²) in [6.07, 6.45) is 1.92. The Bertz CT molecular complexity index is 986. The molecule has 0 bridgehead atoms. The number of hydrogen-bond donors (Lipinski definition) is 1. The van der Waals surface area contributed by atoms with Crippen LogP contribution >= 0.6 is 11.6 Å². The predicted molar refractivity (Wildman–Crippen MR) is 120 cm³/mol. The fourth-order valence-corrected chi connectivity index (χ4v) is 4.92. The summed E-state index contributed by atoms with van der Waals surface area (Å²) in [7, 11) is 1.60. The molecule has 1 spiro atoms. The number of ether oxygens (including phenoxy) is 3. The molecule has 0 saturated carbocycles. The molecule has 1 fully saturated rings. The van der Waals surface area contributed by atoms with Gasteiger partial charge in [-0.3, -0.25) is 4.79 Å². The third kappa shape index (κ3) is 4.65. The Kier molecular flexibility index (Phi) is 6.51. The number of aliphatic carboxylic acids is 1. The molecule has 2 heterocycles. The Hall–Kier alpha value is -2.48. The maximum absolute atomic E-state index is 13.0. The Morgan fingerprint density at radius 3 is 2.78 bits per heavy atom. The number of methoxy groups -OCH3 is 1. The SMILES string of the molecule is COc1cccc(Cl)c1COc1ccc2c(c1)OCC21CC[N+]([O-])(CCCC(=O)O)CC1. The third-order valence-electron chi connectivity index (χ3n) is 6.66. The number of hydroxylamine groups is 3. The molecule has 0 amide bonds. The van der Waals surface area contributed by atoms with Gasteiger partial charge in [0.2, 0.25) is 0 Å². The van der Waals surface area contributed by atoms with Crippen molar-refractivity contribution in [2.24, 2.45) is 0 Å². The van der Waals surface area contributed by atoms with E-state index in [4.69, 9.17) is 30.9 Å². The summed E-state index contributed by atoms with van der Waals surface area (Å²) in [5.41, 5.74) is 1.75. The molecule has 0 radical (unpaired) electrons. The van der Waals surface area contributed by atoms with Crippen molar-refractivity contribution >= 4 is 17.6 Å². The van der Waals surface area contributed by atoms with Crippen LogP contribution in [0.15, 0.2) is 36.4 Å². The van der Waals surface area contributed by atoms with Crippen LogP contribution in [0.3, 0.4) is 0 Å². The largest absolute Gasteiger partial charge is 0.633 e. The topological polar surface area (TPSA) is 88.0 Å². The third-order valence-corrected chi connectivity index (χ3v) is 7.01. The number of piperidine rings is 1. The van der Waals surface area contributed by atoms with Crippen LogP contribution in [-0.4, -0.2) is 49.1 Å². The molecule has 2 aromatic carbocycles. The summed E-state index contributed by atoms with van der Waals surface area (Å²) in [4.78, 5) is 10.7. The first-order valence-electron chi connectivity index (χ1n) is 10.8. The van der Waals surface area contributed by atoms with E-state index >= 15 is 0 Å². The zero-order valence-corrected chi connectivity index (χ0v) is 18.9. The second kappa shape index (κ2) is 9.17. The van der Waals surface area contributed by atoms with Crippen LogP contribution in [0.5, 0.6) is 17.2 Å². The molecule has 1 N–H and O–H groups in total. The van der Waals surface area contributed by atoms with Crippen molar-refractivity contribution in [2.45, 2.75) is 37.7 Å². The number of halogens is 1. The van der Waals surface area contributed by atoms with Crippen LogP contribution in [-0.2, 0) is 16.8 Å². The predicted octanol–water partition coefficient (Wildman–Crippen LogP) is 4.53. The number of likely N-dealkylation sites (tertiary alicyclic amines) is 1. The van der Waals surface area contributed by atoms with E-state index in [9.17, 15) is 10.0 Å². The van der Waals surface area contributed by atoms with Gasteiger partial charge in [0.05, 0.1) is 44.8 Å². The van der Waals surface area contributed by atoms with Gasteiger partial charge in [0, 0.05) is 41.9 Å². The fourth-order valence-electron chi connectivity index (χ4n) is 4.70. The molecule has 7 nitrogen and oxygen atoms in total. The number of nitrogens with zero attached hydrogens (tertiary/aromatic N) is 1. The molecule has 4 rings (SSSR count). The molecule has 8 heteroatoms. The van der Waals surface area contributed by atoms with E-state index in [-0.39, 0.29) is 23.1 Å². The quantitative estimate of drug-likeness (QED) is 0.459. The average Bonchev–Trinajstić information content (AvgIpc) is 3.12. The number of benzene rings is 2. The molecule has 1 saturated heterocycles. The molecule has 0 aliphatic carbocycles. The van der Waals surface area contributed by atoms with Crippen molar-refractivity contribution in [3.8, 4) is 17.2 Å². The van der Waals surface area contributed by atoms with Crippen LogP contribution in [0, 0.1) is 5.21 Å². The van der Waals surface area contributed by atoms with Crippen molar-refractivity contribution < 1.29 is 28.8 Å². The number of carboxylic acids is 1. The number of rotatable bonds is 8. The molecule has 2 aliphatic heterocycles. The first kappa shape index (κ1) is 22.7. The highest BCUT2D eigenvalue weighted by Crippen LogP contribution is 2.47. The molecule has 0 unspecified atom stereocenters. The number of fused-ring (bicyclic) bond motifs is 2. The first-order valence-corrected chi connectivity index (χ1v) is 11.2. The highest BCUT2D eigenvalue weighted by atomic mass is 35.5. The summed E-state index contributed by atoms with van der Waals surface area (Å²) in [6.45, 7) is 2.15. The van der Waals surface area contributed by atoms with Crippen molar-refractivity contribution in [3.05, 3.63) is 57.8 Å². The lowest BCUT2D eigenvalue weighted by molar-refractivity contribution is -0.887. The zero-order valence-electron chi connectivity index (χ0n) is 18.1. The molecule has 172 valence electrons. The zero-order chi connectivity index (χ0) is 22.8. The van der Waals surface area contributed by atoms with E-state index in [1.54, 1.807) is 13.2 Å². The minimum absolute atomic E-state index is 0.0438. The lowest BCUT2D eigenvalue weighted by Gasteiger charge is -2.50. The van der Waals surface area contributed by atoms with Gasteiger partial charge in [0.25, 0.3) is 0 Å². The number of carboxylic acid groups (broad SMARTS) is 1. The number of hydrogen-bond acceptors (Lipinski definition) is 5. The van der Waals surface area contributed by atoms with E-state index < -0.39 is 5.97 Å². The van der Waals surface area contributed by atoms with E-state index in [2.05, 4.69) is 0 Å². The minimum Gasteiger partial charge on any atom is -0.633 e. The summed E-state index contributed by atoms with van der Waals surface area (Å²) in [5.74, 6) is 1.31. The second-order valence-corrected chi connectivity index (χ2v) is 9.07. The van der Waals surface area contributed by atoms with Gasteiger partial charge < -0.3 is 29.2 Å². The highest BCUT2D eigenvalue weighted by Gasteiger charge is 2.46. The standard InChI is InChI=1S/C24H28ClNO6/c1-30-21-5-2-4-20(25)18(21)15-31-17-7-8-19-22(14-17)32-16-24(19)9-12-26(29,13-10-24)11-3-6-23(27)28/h2,4-5,7-8,14H,3,6,9-13,15-16H2,1H3,(H,27,28). The summed E-state index contributed by atoms with van der Waals surface area (Å²) in [6, 6.07) is 11.3. The fraction of sp³-hybridized carbons (Fsp3) is 0.458. The normalized spacial score (nSPS) is 24.1. The number of quaternary nitrogens is 1. The summed E-state index contributed by atoms with van der Waals surface area (Å²) >= 11 is 6.29. The van der Waals surface area contributed by atoms with Gasteiger partial charge in [-0.25, -0.2) is 0 Å². The lowest BCUT2D eigenvalue weighted by atomic mass is 9.74. The molecular formula is C24H28ClNO6. The van der Waals surface area contributed by atoms with E-state index in [0.717, 1.165) is 29.7 Å². The van der Waals surface area contributed by atoms with Crippen LogP contribution in [0.25, 0.3) is 0 Å². The Balaban J connectivity index is 1.41. The Morgan fingerprint density at radius 1 is 1.28 bits per heavy atom. The molecule has 2 aromatic rings. The van der Waals surface area contributed by atoms with Crippen molar-refractivity contribution in [1.82, 2.24) is 0 Å². The van der Waals surface area contributed by atoms with Crippen molar-refractivity contribution in [1.29, 1.82) is 0 Å². The van der Waals surface area contributed by atoms with Gasteiger partial charge in [-0.1, -0.05) is 23.7 Å². The second-order valence-electron chi connectivity index (χ2n) is 8.66. The van der Waals surface area contributed by atoms with Crippen LogP contribution < -0.4 is 14.2 Å². The van der Waals surface area contributed by atoms with Crippen LogP contribution in [0.4, 0.5) is 0 Å². The van der Waals surface area contributed by atoms with E-state index in [1.165, 1.54) is 0 Å². The van der Waals surface area contributed by atoms with Crippen LogP contribution in [0.2, 0.25) is 5.02 Å². The van der Waals surface area contributed by atoms with E-state index in [0.29, 0.717) is 49.2 Å². The van der Waals surface area contributed by atoms with Crippen molar-refractivity contribution in [2.75, 3.05) is 33.4 Å². The molecular weight excluding hydrogens is 434 g/mol. The minimum atomic E-state index is -0.853. The molecule has 32 heavy (non-hydrogen) atoms. The molecule has 2 aliphatic rings. The van der Waals surface area contributed by atoms with Crippen LogP contribution in [0.1, 0.15) is 36.8 Å². The summed E-state index contributed by atoms with van der Waals surface area (Å²) in [5, 5.41) is 22.4.